The van der Waals surface area contributed by atoms with Gasteiger partial charge in [0, 0.05) is 6.54 Å². The molecule has 1 aliphatic heterocycles. The molecule has 1 aliphatic rings. The summed E-state index contributed by atoms with van der Waals surface area (Å²) in [7, 11) is 0. The Balaban J connectivity index is 1.80. The minimum absolute atomic E-state index is 0.185. The normalized spacial score (nSPS) is 18.2. The van der Waals surface area contributed by atoms with E-state index in [0.29, 0.717) is 0 Å². The van der Waals surface area contributed by atoms with Crippen molar-refractivity contribution in [1.82, 2.24) is 4.90 Å². The maximum atomic E-state index is 10.3. The van der Waals surface area contributed by atoms with Crippen LogP contribution in [0.4, 0.5) is 0 Å². The molecule has 0 aliphatic carbocycles. The summed E-state index contributed by atoms with van der Waals surface area (Å²) in [6.45, 7) is 7.40. The van der Waals surface area contributed by atoms with Crippen LogP contribution in [-0.2, 0) is 0 Å². The Bertz CT molecular complexity index is 382. The lowest BCUT2D eigenvalue weighted by Gasteiger charge is -2.27. The number of likely N-dealkylation sites (tertiary alicyclic amines) is 1. The van der Waals surface area contributed by atoms with Crippen LogP contribution in [-0.4, -0.2) is 35.7 Å². The molecule has 1 saturated heterocycles. The van der Waals surface area contributed by atoms with Gasteiger partial charge in [-0.05, 0) is 63.9 Å². The average Bonchev–Trinajstić information content (AvgIpc) is 2.46. The molecule has 0 aromatic heterocycles. The molecule has 112 valence electrons. The van der Waals surface area contributed by atoms with Gasteiger partial charge in [-0.3, -0.25) is 0 Å². The molecule has 0 radical (unpaired) electrons. The van der Waals surface area contributed by atoms with Crippen LogP contribution in [0.1, 0.15) is 51.2 Å². The van der Waals surface area contributed by atoms with E-state index in [0.717, 1.165) is 24.3 Å². The zero-order valence-electron chi connectivity index (χ0n) is 12.7. The minimum atomic E-state index is -0.370. The van der Waals surface area contributed by atoms with Gasteiger partial charge >= 0.3 is 0 Å². The van der Waals surface area contributed by atoms with E-state index in [9.17, 15) is 5.11 Å². The molecule has 1 fully saturated rings. The predicted molar refractivity (Wildman–Crippen MR) is 82.1 cm³/mol. The number of piperidine rings is 1. The van der Waals surface area contributed by atoms with Gasteiger partial charge in [-0.25, -0.2) is 0 Å². The summed E-state index contributed by atoms with van der Waals surface area (Å²) in [4.78, 5) is 2.46. The van der Waals surface area contributed by atoms with E-state index in [1.165, 1.54) is 32.4 Å². The maximum absolute atomic E-state index is 10.3. The minimum Gasteiger partial charge on any atom is -0.491 e. The molecule has 0 saturated carbocycles. The molecular weight excluding hydrogens is 250 g/mol. The molecule has 1 heterocycles. The van der Waals surface area contributed by atoms with Crippen LogP contribution in [0.2, 0.25) is 0 Å². The van der Waals surface area contributed by atoms with E-state index in [1.54, 1.807) is 0 Å². The Hall–Kier alpha value is -1.06. The van der Waals surface area contributed by atoms with Crippen molar-refractivity contribution in [2.24, 2.45) is 0 Å². The van der Waals surface area contributed by atoms with Crippen molar-refractivity contribution < 1.29 is 9.84 Å². The molecule has 0 amide bonds. The van der Waals surface area contributed by atoms with Gasteiger partial charge in [0.25, 0.3) is 0 Å². The van der Waals surface area contributed by atoms with E-state index in [2.05, 4.69) is 4.90 Å². The second-order valence-corrected chi connectivity index (χ2v) is 5.94. The van der Waals surface area contributed by atoms with E-state index in [4.69, 9.17) is 4.74 Å². The van der Waals surface area contributed by atoms with Crippen LogP contribution in [0, 0.1) is 0 Å². The van der Waals surface area contributed by atoms with Crippen molar-refractivity contribution in [2.75, 3.05) is 19.6 Å². The summed E-state index contributed by atoms with van der Waals surface area (Å²) in [5.41, 5.74) is 0.984. The Morgan fingerprint density at radius 1 is 1.10 bits per heavy atom. The monoisotopic (exact) mass is 277 g/mol. The van der Waals surface area contributed by atoms with Crippen molar-refractivity contribution in [1.29, 1.82) is 0 Å². The van der Waals surface area contributed by atoms with Crippen LogP contribution in [0.25, 0.3) is 0 Å². The Morgan fingerprint density at radius 2 is 1.75 bits per heavy atom. The fourth-order valence-electron chi connectivity index (χ4n) is 2.70. The number of ether oxygens (including phenoxy) is 1. The molecule has 0 bridgehead atoms. The second kappa shape index (κ2) is 7.65. The highest BCUT2D eigenvalue weighted by atomic mass is 16.5. The quantitative estimate of drug-likeness (QED) is 0.865. The van der Waals surface area contributed by atoms with Gasteiger partial charge in [0.15, 0.2) is 0 Å². The molecule has 1 unspecified atom stereocenters. The smallest absolute Gasteiger partial charge is 0.119 e. The van der Waals surface area contributed by atoms with Crippen molar-refractivity contribution >= 4 is 0 Å². The standard InChI is InChI=1S/C17H27NO2/c1-14(2)20-16-8-6-15(7-9-16)17(19)10-13-18-11-4-3-5-12-18/h6-9,14,17,19H,3-5,10-13H2,1-2H3. The van der Waals surface area contributed by atoms with Crippen LogP contribution in [0.5, 0.6) is 5.75 Å². The molecule has 1 aromatic rings. The SMILES string of the molecule is CC(C)Oc1ccc(C(O)CCN2CCCCC2)cc1. The molecule has 1 atom stereocenters. The third-order valence-electron chi connectivity index (χ3n) is 3.80. The van der Waals surface area contributed by atoms with Gasteiger partial charge < -0.3 is 14.7 Å². The first kappa shape index (κ1) is 15.3. The van der Waals surface area contributed by atoms with Crippen LogP contribution < -0.4 is 4.74 Å². The molecule has 20 heavy (non-hydrogen) atoms. The number of hydrogen-bond donors (Lipinski definition) is 1. The molecule has 0 spiro atoms. The molecular formula is C17H27NO2. The van der Waals surface area contributed by atoms with Gasteiger partial charge in [-0.1, -0.05) is 18.6 Å². The maximum Gasteiger partial charge on any atom is 0.119 e. The number of hydrogen-bond acceptors (Lipinski definition) is 3. The first-order valence-electron chi connectivity index (χ1n) is 7.82. The third kappa shape index (κ3) is 4.80. The number of nitrogens with zero attached hydrogens (tertiary/aromatic N) is 1. The fraction of sp³-hybridized carbons (Fsp3) is 0.647. The Labute approximate surface area is 122 Å². The van der Waals surface area contributed by atoms with E-state index >= 15 is 0 Å². The lowest BCUT2D eigenvalue weighted by molar-refractivity contribution is 0.134. The van der Waals surface area contributed by atoms with Gasteiger partial charge in [0.2, 0.25) is 0 Å². The van der Waals surface area contributed by atoms with Crippen molar-refractivity contribution in [3.05, 3.63) is 29.8 Å². The predicted octanol–water partition coefficient (Wildman–Crippen LogP) is 3.38. The Kier molecular flexibility index (Phi) is 5.86. The highest BCUT2D eigenvalue weighted by Crippen LogP contribution is 2.21. The topological polar surface area (TPSA) is 32.7 Å². The van der Waals surface area contributed by atoms with E-state index < -0.39 is 0 Å². The molecule has 1 aromatic carbocycles. The van der Waals surface area contributed by atoms with Gasteiger partial charge in [0.05, 0.1) is 12.2 Å². The number of aliphatic hydroxyl groups is 1. The third-order valence-corrected chi connectivity index (χ3v) is 3.80. The van der Waals surface area contributed by atoms with Gasteiger partial charge in [0.1, 0.15) is 5.75 Å². The van der Waals surface area contributed by atoms with Gasteiger partial charge in [-0.2, -0.15) is 0 Å². The average molecular weight is 277 g/mol. The van der Waals surface area contributed by atoms with Gasteiger partial charge in [-0.15, -0.1) is 0 Å². The lowest BCUT2D eigenvalue weighted by Crippen LogP contribution is -2.31. The lowest BCUT2D eigenvalue weighted by atomic mass is 10.1. The molecule has 2 rings (SSSR count). The first-order chi connectivity index (χ1) is 9.65. The van der Waals surface area contributed by atoms with E-state index in [1.807, 2.05) is 38.1 Å². The summed E-state index contributed by atoms with van der Waals surface area (Å²) in [6.07, 6.45) is 4.59. The van der Waals surface area contributed by atoms with Crippen LogP contribution in [0.15, 0.2) is 24.3 Å². The summed E-state index contributed by atoms with van der Waals surface area (Å²) >= 11 is 0. The largest absolute Gasteiger partial charge is 0.491 e. The highest BCUT2D eigenvalue weighted by molar-refractivity contribution is 5.28. The summed E-state index contributed by atoms with van der Waals surface area (Å²) in [6, 6.07) is 7.83. The van der Waals surface area contributed by atoms with Crippen molar-refractivity contribution in [2.45, 2.75) is 51.7 Å². The second-order valence-electron chi connectivity index (χ2n) is 5.94. The highest BCUT2D eigenvalue weighted by Gasteiger charge is 2.13. The zero-order chi connectivity index (χ0) is 14.4. The van der Waals surface area contributed by atoms with Crippen molar-refractivity contribution in [3.8, 4) is 5.75 Å². The molecule has 3 heteroatoms. The molecule has 3 nitrogen and oxygen atoms in total. The fourth-order valence-corrected chi connectivity index (χ4v) is 2.70. The summed E-state index contributed by atoms with van der Waals surface area (Å²) in [5, 5.41) is 10.3. The van der Waals surface area contributed by atoms with E-state index in [-0.39, 0.29) is 12.2 Å². The summed E-state index contributed by atoms with van der Waals surface area (Å²) in [5.74, 6) is 0.868. The van der Waals surface area contributed by atoms with Crippen LogP contribution >= 0.6 is 0 Å². The van der Waals surface area contributed by atoms with Crippen molar-refractivity contribution in [3.63, 3.8) is 0 Å². The first-order valence-corrected chi connectivity index (χ1v) is 7.82. The number of rotatable bonds is 6. The summed E-state index contributed by atoms with van der Waals surface area (Å²) < 4.78 is 5.61. The Morgan fingerprint density at radius 3 is 2.35 bits per heavy atom. The van der Waals surface area contributed by atoms with Crippen LogP contribution in [0.3, 0.4) is 0 Å². The number of benzene rings is 1. The molecule has 1 N–H and O–H groups in total. The number of aliphatic hydroxyl groups excluding tert-OH is 1. The zero-order valence-corrected chi connectivity index (χ0v) is 12.7.